The fourth-order valence-corrected chi connectivity index (χ4v) is 2.30. The van der Waals surface area contributed by atoms with Gasteiger partial charge in [-0.2, -0.15) is 8.78 Å². The second kappa shape index (κ2) is 5.35. The monoisotopic (exact) mass is 299 g/mol. The molecule has 0 radical (unpaired) electrons. The van der Waals surface area contributed by atoms with E-state index < -0.39 is 23.0 Å². The summed E-state index contributed by atoms with van der Waals surface area (Å²) in [4.78, 5) is 11.6. The smallest absolute Gasteiger partial charge is 0.352 e. The van der Waals surface area contributed by atoms with Gasteiger partial charge < -0.3 is 15.5 Å². The second-order valence-electron chi connectivity index (χ2n) is 5.78. The minimum atomic E-state index is -3.85. The molecule has 0 saturated heterocycles. The Labute approximate surface area is 121 Å². The van der Waals surface area contributed by atoms with Crippen LogP contribution in [-0.2, 0) is 10.4 Å². The van der Waals surface area contributed by atoms with Crippen molar-refractivity contribution >= 4 is 5.91 Å². The van der Waals surface area contributed by atoms with Gasteiger partial charge in [0.25, 0.3) is 5.91 Å². The molecule has 2 rings (SSSR count). The lowest BCUT2D eigenvalue weighted by atomic mass is 9.75. The van der Waals surface area contributed by atoms with Crippen LogP contribution in [0.3, 0.4) is 0 Å². The van der Waals surface area contributed by atoms with Crippen molar-refractivity contribution < 1.29 is 23.8 Å². The van der Waals surface area contributed by atoms with E-state index in [4.69, 9.17) is 0 Å². The van der Waals surface area contributed by atoms with Crippen LogP contribution in [0.15, 0.2) is 30.3 Å². The molecule has 1 aliphatic rings. The van der Waals surface area contributed by atoms with Crippen LogP contribution in [0.2, 0.25) is 0 Å². The highest BCUT2D eigenvalue weighted by atomic mass is 19.3. The first-order chi connectivity index (χ1) is 9.69. The number of alkyl halides is 2. The molecular weight excluding hydrogens is 280 g/mol. The highest BCUT2D eigenvalue weighted by molar-refractivity contribution is 5.85. The molecule has 1 saturated carbocycles. The van der Waals surface area contributed by atoms with Crippen molar-refractivity contribution in [3.8, 4) is 0 Å². The summed E-state index contributed by atoms with van der Waals surface area (Å²) in [7, 11) is 0. The summed E-state index contributed by atoms with van der Waals surface area (Å²) in [5, 5.41) is 22.0. The molecule has 116 valence electrons. The molecule has 1 aromatic carbocycles. The SMILES string of the molecule is CC(O)(CNC(=O)C(F)(F)C1(O)CCC1)c1ccccc1. The van der Waals surface area contributed by atoms with Crippen LogP contribution in [0, 0.1) is 0 Å². The molecule has 0 aliphatic heterocycles. The predicted octanol–water partition coefficient (Wildman–Crippen LogP) is 1.56. The molecule has 1 fully saturated rings. The molecule has 1 atom stereocenters. The van der Waals surface area contributed by atoms with E-state index in [-0.39, 0.29) is 19.4 Å². The first kappa shape index (κ1) is 15.9. The van der Waals surface area contributed by atoms with Crippen LogP contribution in [-0.4, -0.2) is 34.2 Å². The molecule has 0 aromatic heterocycles. The summed E-state index contributed by atoms with van der Waals surface area (Å²) in [6.45, 7) is 1.07. The van der Waals surface area contributed by atoms with Gasteiger partial charge in [0.2, 0.25) is 0 Å². The highest BCUT2D eigenvalue weighted by Crippen LogP contribution is 2.44. The number of hydrogen-bond acceptors (Lipinski definition) is 3. The van der Waals surface area contributed by atoms with Crippen molar-refractivity contribution in [1.29, 1.82) is 0 Å². The number of nitrogens with one attached hydrogen (secondary N) is 1. The molecule has 0 spiro atoms. The van der Waals surface area contributed by atoms with E-state index in [1.807, 2.05) is 5.32 Å². The molecule has 6 heteroatoms. The molecule has 0 heterocycles. The maximum absolute atomic E-state index is 13.9. The zero-order valence-corrected chi connectivity index (χ0v) is 11.8. The van der Waals surface area contributed by atoms with E-state index in [0.29, 0.717) is 12.0 Å². The summed E-state index contributed by atoms with van der Waals surface area (Å²) in [6.07, 6.45) is 0.284. The van der Waals surface area contributed by atoms with E-state index in [1.54, 1.807) is 30.3 Å². The lowest BCUT2D eigenvalue weighted by Crippen LogP contribution is -2.61. The Morgan fingerprint density at radius 1 is 1.33 bits per heavy atom. The van der Waals surface area contributed by atoms with Gasteiger partial charge in [-0.15, -0.1) is 0 Å². The lowest BCUT2D eigenvalue weighted by Gasteiger charge is -2.41. The van der Waals surface area contributed by atoms with Gasteiger partial charge >= 0.3 is 5.92 Å². The molecule has 1 aromatic rings. The van der Waals surface area contributed by atoms with Crippen molar-refractivity contribution in [3.63, 3.8) is 0 Å². The molecule has 3 N–H and O–H groups in total. The number of halogens is 2. The van der Waals surface area contributed by atoms with Gasteiger partial charge in [-0.3, -0.25) is 4.79 Å². The number of aliphatic hydroxyl groups is 2. The molecule has 4 nitrogen and oxygen atoms in total. The molecule has 21 heavy (non-hydrogen) atoms. The maximum atomic E-state index is 13.9. The molecule has 0 bridgehead atoms. The van der Waals surface area contributed by atoms with Crippen molar-refractivity contribution in [3.05, 3.63) is 35.9 Å². The van der Waals surface area contributed by atoms with Crippen LogP contribution in [0.25, 0.3) is 0 Å². The fourth-order valence-electron chi connectivity index (χ4n) is 2.30. The van der Waals surface area contributed by atoms with Crippen LogP contribution in [0.1, 0.15) is 31.7 Å². The summed E-state index contributed by atoms with van der Waals surface area (Å²) < 4.78 is 27.8. The third-order valence-electron chi connectivity index (χ3n) is 4.04. The number of rotatable bonds is 5. The number of amides is 1. The van der Waals surface area contributed by atoms with Crippen LogP contribution < -0.4 is 5.32 Å². The average molecular weight is 299 g/mol. The Kier molecular flexibility index (Phi) is 4.04. The standard InChI is InChI=1S/C15H19F2NO3/c1-13(20,11-6-3-2-4-7-11)10-18-12(19)15(16,17)14(21)8-5-9-14/h2-4,6-7,20-21H,5,8-10H2,1H3,(H,18,19). The molecule has 1 amide bonds. The maximum Gasteiger partial charge on any atom is 0.352 e. The summed E-state index contributed by atoms with van der Waals surface area (Å²) in [5.74, 6) is -5.40. The van der Waals surface area contributed by atoms with Gasteiger partial charge in [0.1, 0.15) is 11.2 Å². The van der Waals surface area contributed by atoms with Gasteiger partial charge in [0.15, 0.2) is 0 Å². The van der Waals surface area contributed by atoms with Crippen molar-refractivity contribution in [2.24, 2.45) is 0 Å². The number of hydrogen-bond donors (Lipinski definition) is 3. The van der Waals surface area contributed by atoms with E-state index in [2.05, 4.69) is 0 Å². The number of carbonyl (C=O) groups is 1. The molecule has 1 aliphatic carbocycles. The van der Waals surface area contributed by atoms with Gasteiger partial charge in [0.05, 0.1) is 6.54 Å². The summed E-state index contributed by atoms with van der Waals surface area (Å²) >= 11 is 0. The Hall–Kier alpha value is -1.53. The normalized spacial score (nSPS) is 20.2. The van der Waals surface area contributed by atoms with E-state index in [9.17, 15) is 23.8 Å². The summed E-state index contributed by atoms with van der Waals surface area (Å²) in [6, 6.07) is 8.46. The van der Waals surface area contributed by atoms with Gasteiger partial charge in [-0.05, 0) is 31.7 Å². The van der Waals surface area contributed by atoms with E-state index >= 15 is 0 Å². The van der Waals surface area contributed by atoms with Crippen molar-refractivity contribution in [2.45, 2.75) is 43.3 Å². The van der Waals surface area contributed by atoms with Gasteiger partial charge in [0, 0.05) is 0 Å². The van der Waals surface area contributed by atoms with Crippen molar-refractivity contribution in [2.75, 3.05) is 6.54 Å². The van der Waals surface area contributed by atoms with Gasteiger partial charge in [-0.25, -0.2) is 0 Å². The van der Waals surface area contributed by atoms with Crippen LogP contribution in [0.5, 0.6) is 0 Å². The lowest BCUT2D eigenvalue weighted by molar-refractivity contribution is -0.216. The molecular formula is C15H19F2NO3. The minimum absolute atomic E-state index is 0.0947. The highest BCUT2D eigenvalue weighted by Gasteiger charge is 2.61. The Balaban J connectivity index is 2.01. The topological polar surface area (TPSA) is 69.6 Å². The van der Waals surface area contributed by atoms with Gasteiger partial charge in [-0.1, -0.05) is 30.3 Å². The zero-order chi connectivity index (χ0) is 15.7. The average Bonchev–Trinajstić information content (AvgIpc) is 2.43. The Morgan fingerprint density at radius 3 is 2.38 bits per heavy atom. The third kappa shape index (κ3) is 2.91. The Morgan fingerprint density at radius 2 is 1.90 bits per heavy atom. The Bertz CT molecular complexity index is 513. The largest absolute Gasteiger partial charge is 0.384 e. The quantitative estimate of drug-likeness (QED) is 0.773. The number of benzene rings is 1. The van der Waals surface area contributed by atoms with Crippen LogP contribution in [0.4, 0.5) is 8.78 Å². The predicted molar refractivity (Wildman–Crippen MR) is 72.8 cm³/mol. The zero-order valence-electron chi connectivity index (χ0n) is 11.8. The van der Waals surface area contributed by atoms with Crippen molar-refractivity contribution in [1.82, 2.24) is 5.32 Å². The van der Waals surface area contributed by atoms with E-state index in [1.165, 1.54) is 6.92 Å². The van der Waals surface area contributed by atoms with E-state index in [0.717, 1.165) is 0 Å². The van der Waals surface area contributed by atoms with Crippen LogP contribution >= 0.6 is 0 Å². The number of carbonyl (C=O) groups excluding carboxylic acids is 1. The first-order valence-electron chi connectivity index (χ1n) is 6.85. The summed E-state index contributed by atoms with van der Waals surface area (Å²) in [5.41, 5.74) is -3.21. The minimum Gasteiger partial charge on any atom is -0.384 e. The second-order valence-corrected chi connectivity index (χ2v) is 5.78. The fraction of sp³-hybridized carbons (Fsp3) is 0.533. The third-order valence-corrected chi connectivity index (χ3v) is 4.04. The molecule has 1 unspecified atom stereocenters. The first-order valence-corrected chi connectivity index (χ1v) is 6.85.